The zero-order valence-electron chi connectivity index (χ0n) is 9.28. The van der Waals surface area contributed by atoms with Crippen molar-refractivity contribution < 1.29 is 0 Å². The number of likely N-dealkylation sites (tertiary alicyclic amines) is 1. The smallest absolute Gasteiger partial charge is 0.0794 e. The first-order valence-corrected chi connectivity index (χ1v) is 6.49. The summed E-state index contributed by atoms with van der Waals surface area (Å²) in [5.41, 5.74) is 1.90. The summed E-state index contributed by atoms with van der Waals surface area (Å²) in [6.07, 6.45) is 4.63. The molecule has 1 N–H and O–H groups in total. The molecular formula is C11H19N3S. The predicted octanol–water partition coefficient (Wildman–Crippen LogP) is 1.57. The lowest BCUT2D eigenvalue weighted by Gasteiger charge is -2.28. The van der Waals surface area contributed by atoms with Gasteiger partial charge in [-0.1, -0.05) is 0 Å². The van der Waals surface area contributed by atoms with Crippen molar-refractivity contribution in [3.05, 3.63) is 16.6 Å². The average Bonchev–Trinajstić information content (AvgIpc) is 2.74. The maximum atomic E-state index is 4.07. The van der Waals surface area contributed by atoms with Crippen LogP contribution in [0.15, 0.2) is 11.7 Å². The van der Waals surface area contributed by atoms with Crippen LogP contribution in [0.1, 0.15) is 17.7 Å². The third-order valence-corrected chi connectivity index (χ3v) is 3.83. The van der Waals surface area contributed by atoms with Crippen molar-refractivity contribution in [2.75, 3.05) is 26.7 Å². The van der Waals surface area contributed by atoms with E-state index >= 15 is 0 Å². The molecule has 1 aromatic rings. The summed E-state index contributed by atoms with van der Waals surface area (Å²) in [6.45, 7) is 4.66. The summed E-state index contributed by atoms with van der Waals surface area (Å²) < 4.78 is 0. The van der Waals surface area contributed by atoms with Gasteiger partial charge in [0.05, 0.1) is 5.51 Å². The Morgan fingerprint density at radius 2 is 2.33 bits per heavy atom. The van der Waals surface area contributed by atoms with Gasteiger partial charge in [-0.25, -0.2) is 0 Å². The largest absolute Gasteiger partial charge is 0.312 e. The SMILES string of the molecule is CN1CCC(CNCc2cncs2)CC1. The summed E-state index contributed by atoms with van der Waals surface area (Å²) in [6, 6.07) is 0. The van der Waals surface area contributed by atoms with Gasteiger partial charge in [0.15, 0.2) is 0 Å². The predicted molar refractivity (Wildman–Crippen MR) is 64.0 cm³/mol. The quantitative estimate of drug-likeness (QED) is 0.843. The van der Waals surface area contributed by atoms with E-state index in [0.29, 0.717) is 0 Å². The molecule has 1 aliphatic rings. The van der Waals surface area contributed by atoms with Gasteiger partial charge in [-0.05, 0) is 45.4 Å². The third kappa shape index (κ3) is 3.55. The molecule has 0 amide bonds. The fourth-order valence-electron chi connectivity index (χ4n) is 2.00. The molecule has 1 aromatic heterocycles. The fraction of sp³-hybridized carbons (Fsp3) is 0.727. The Labute approximate surface area is 95.5 Å². The molecule has 0 aliphatic carbocycles. The number of hydrogen-bond donors (Lipinski definition) is 1. The van der Waals surface area contributed by atoms with Crippen LogP contribution in [-0.4, -0.2) is 36.6 Å². The molecule has 2 rings (SSSR count). The van der Waals surface area contributed by atoms with E-state index in [9.17, 15) is 0 Å². The number of hydrogen-bond acceptors (Lipinski definition) is 4. The maximum Gasteiger partial charge on any atom is 0.0794 e. The molecule has 4 heteroatoms. The Balaban J connectivity index is 1.62. The summed E-state index contributed by atoms with van der Waals surface area (Å²) >= 11 is 1.73. The van der Waals surface area contributed by atoms with Gasteiger partial charge < -0.3 is 10.2 Å². The zero-order chi connectivity index (χ0) is 10.5. The van der Waals surface area contributed by atoms with E-state index < -0.39 is 0 Å². The molecule has 2 heterocycles. The Hall–Kier alpha value is -0.450. The second-order valence-electron chi connectivity index (χ2n) is 4.35. The summed E-state index contributed by atoms with van der Waals surface area (Å²) in [7, 11) is 2.21. The molecule has 0 saturated carbocycles. The normalized spacial score (nSPS) is 19.5. The van der Waals surface area contributed by atoms with Crippen molar-refractivity contribution in [3.63, 3.8) is 0 Å². The van der Waals surface area contributed by atoms with Gasteiger partial charge in [0, 0.05) is 17.6 Å². The Bertz CT molecular complexity index is 265. The summed E-state index contributed by atoms with van der Waals surface area (Å²) in [5, 5.41) is 3.52. The monoisotopic (exact) mass is 225 g/mol. The van der Waals surface area contributed by atoms with Crippen LogP contribution in [0.2, 0.25) is 0 Å². The first-order valence-electron chi connectivity index (χ1n) is 5.61. The van der Waals surface area contributed by atoms with Crippen molar-refractivity contribution >= 4 is 11.3 Å². The van der Waals surface area contributed by atoms with E-state index in [4.69, 9.17) is 0 Å². The first kappa shape index (κ1) is 11.0. The van der Waals surface area contributed by atoms with Crippen LogP contribution in [-0.2, 0) is 6.54 Å². The Morgan fingerprint density at radius 1 is 1.53 bits per heavy atom. The molecule has 1 saturated heterocycles. The highest BCUT2D eigenvalue weighted by molar-refractivity contribution is 7.09. The van der Waals surface area contributed by atoms with Crippen molar-refractivity contribution in [1.29, 1.82) is 0 Å². The first-order chi connectivity index (χ1) is 7.34. The van der Waals surface area contributed by atoms with Gasteiger partial charge in [0.1, 0.15) is 0 Å². The number of piperidine rings is 1. The Morgan fingerprint density at radius 3 is 3.00 bits per heavy atom. The molecule has 15 heavy (non-hydrogen) atoms. The molecule has 3 nitrogen and oxygen atoms in total. The van der Waals surface area contributed by atoms with Crippen LogP contribution in [0.5, 0.6) is 0 Å². The van der Waals surface area contributed by atoms with Crippen LogP contribution >= 0.6 is 11.3 Å². The molecule has 1 fully saturated rings. The number of nitrogens with zero attached hydrogens (tertiary/aromatic N) is 2. The van der Waals surface area contributed by atoms with Gasteiger partial charge in [-0.3, -0.25) is 4.98 Å². The molecule has 0 radical (unpaired) electrons. The second kappa shape index (κ2) is 5.58. The van der Waals surface area contributed by atoms with Gasteiger partial charge in [-0.2, -0.15) is 0 Å². The molecule has 0 spiro atoms. The summed E-state index contributed by atoms with van der Waals surface area (Å²) in [5.74, 6) is 0.870. The lowest BCUT2D eigenvalue weighted by molar-refractivity contribution is 0.216. The van der Waals surface area contributed by atoms with Crippen molar-refractivity contribution in [1.82, 2.24) is 15.2 Å². The van der Waals surface area contributed by atoms with Gasteiger partial charge in [0.2, 0.25) is 0 Å². The lowest BCUT2D eigenvalue weighted by atomic mass is 9.97. The molecular weight excluding hydrogens is 206 g/mol. The number of thiazole rings is 1. The molecule has 1 aliphatic heterocycles. The van der Waals surface area contributed by atoms with Gasteiger partial charge in [-0.15, -0.1) is 11.3 Å². The molecule has 0 aromatic carbocycles. The van der Waals surface area contributed by atoms with Crippen LogP contribution < -0.4 is 5.32 Å². The minimum Gasteiger partial charge on any atom is -0.312 e. The van der Waals surface area contributed by atoms with E-state index in [1.165, 1.54) is 30.8 Å². The minimum absolute atomic E-state index is 0.870. The van der Waals surface area contributed by atoms with Crippen LogP contribution in [0.4, 0.5) is 0 Å². The van der Waals surface area contributed by atoms with Crippen LogP contribution in [0.25, 0.3) is 0 Å². The number of aromatic nitrogens is 1. The highest BCUT2D eigenvalue weighted by atomic mass is 32.1. The topological polar surface area (TPSA) is 28.2 Å². The van der Waals surface area contributed by atoms with E-state index in [0.717, 1.165) is 19.0 Å². The number of nitrogens with one attached hydrogen (secondary N) is 1. The highest BCUT2D eigenvalue weighted by Gasteiger charge is 2.15. The number of rotatable bonds is 4. The van der Waals surface area contributed by atoms with Crippen LogP contribution in [0, 0.1) is 5.92 Å². The van der Waals surface area contributed by atoms with Gasteiger partial charge in [0.25, 0.3) is 0 Å². The van der Waals surface area contributed by atoms with Crippen molar-refractivity contribution in [3.8, 4) is 0 Å². The fourth-order valence-corrected chi connectivity index (χ4v) is 2.56. The second-order valence-corrected chi connectivity index (χ2v) is 5.32. The minimum atomic E-state index is 0.870. The van der Waals surface area contributed by atoms with E-state index in [1.807, 2.05) is 11.7 Å². The lowest BCUT2D eigenvalue weighted by Crippen LogP contribution is -2.34. The van der Waals surface area contributed by atoms with E-state index in [2.05, 4.69) is 22.2 Å². The average molecular weight is 225 g/mol. The molecule has 0 bridgehead atoms. The standard InChI is InChI=1S/C11H19N3S/c1-14-4-2-10(3-5-14)6-12-7-11-8-13-9-15-11/h8-10,12H,2-7H2,1H3. The van der Waals surface area contributed by atoms with E-state index in [1.54, 1.807) is 11.3 Å². The maximum absolute atomic E-state index is 4.07. The summed E-state index contributed by atoms with van der Waals surface area (Å²) in [4.78, 5) is 7.82. The molecule has 84 valence electrons. The van der Waals surface area contributed by atoms with Gasteiger partial charge >= 0.3 is 0 Å². The van der Waals surface area contributed by atoms with Crippen molar-refractivity contribution in [2.45, 2.75) is 19.4 Å². The van der Waals surface area contributed by atoms with Crippen molar-refractivity contribution in [2.24, 2.45) is 5.92 Å². The van der Waals surface area contributed by atoms with Crippen LogP contribution in [0.3, 0.4) is 0 Å². The Kier molecular flexibility index (Phi) is 4.11. The molecule has 0 atom stereocenters. The zero-order valence-corrected chi connectivity index (χ0v) is 10.1. The third-order valence-electron chi connectivity index (χ3n) is 3.05. The molecule has 0 unspecified atom stereocenters. The highest BCUT2D eigenvalue weighted by Crippen LogP contribution is 2.15. The van der Waals surface area contributed by atoms with E-state index in [-0.39, 0.29) is 0 Å².